The van der Waals surface area contributed by atoms with Crippen molar-refractivity contribution in [3.63, 3.8) is 0 Å². The van der Waals surface area contributed by atoms with E-state index in [0.717, 1.165) is 19.3 Å². The van der Waals surface area contributed by atoms with Gasteiger partial charge >= 0.3 is 5.97 Å². The van der Waals surface area contributed by atoms with Crippen LogP contribution in [0.1, 0.15) is 84.0 Å². The lowest BCUT2D eigenvalue weighted by Crippen LogP contribution is -2.55. The van der Waals surface area contributed by atoms with E-state index < -0.39 is 11.5 Å². The lowest BCUT2D eigenvalue weighted by Gasteiger charge is -2.22. The minimum absolute atomic E-state index is 0.120. The van der Waals surface area contributed by atoms with Crippen molar-refractivity contribution in [1.82, 2.24) is 0 Å². The van der Waals surface area contributed by atoms with Gasteiger partial charge in [0.15, 0.2) is 11.3 Å². The van der Waals surface area contributed by atoms with E-state index in [-0.39, 0.29) is 18.6 Å². The van der Waals surface area contributed by atoms with Gasteiger partial charge in [0, 0.05) is 6.42 Å². The summed E-state index contributed by atoms with van der Waals surface area (Å²) < 4.78 is 0. The monoisotopic (exact) mass is 314 g/mol. The van der Waals surface area contributed by atoms with Gasteiger partial charge in [-0.3, -0.25) is 4.79 Å². The number of unbranched alkanes of at least 4 members (excludes halogenated alkanes) is 8. The molecule has 5 N–H and O–H groups in total. The standard InChI is InChI=1S/C17H34N2O3/c1-2-3-4-5-6-7-8-9-10-12-15(20)17(19,16(21)22)13-11-14-18/h2-14,18-19H2,1H3,(H,21,22)/t17-/m1/s1. The Labute approximate surface area is 134 Å². The summed E-state index contributed by atoms with van der Waals surface area (Å²) in [6, 6.07) is 0. The number of carbonyl (C=O) groups is 2. The van der Waals surface area contributed by atoms with E-state index >= 15 is 0 Å². The molecule has 0 aromatic rings. The van der Waals surface area contributed by atoms with Gasteiger partial charge in [-0.25, -0.2) is 4.79 Å². The summed E-state index contributed by atoms with van der Waals surface area (Å²) in [6.07, 6.45) is 11.2. The van der Waals surface area contributed by atoms with Gasteiger partial charge in [-0.1, -0.05) is 58.3 Å². The first-order chi connectivity index (χ1) is 10.5. The van der Waals surface area contributed by atoms with E-state index in [0.29, 0.717) is 13.0 Å². The molecule has 0 aromatic carbocycles. The Bertz CT molecular complexity index is 321. The van der Waals surface area contributed by atoms with Gasteiger partial charge in [0.25, 0.3) is 0 Å². The quantitative estimate of drug-likeness (QED) is 0.318. The van der Waals surface area contributed by atoms with Crippen molar-refractivity contribution in [3.8, 4) is 0 Å². The first kappa shape index (κ1) is 21.1. The van der Waals surface area contributed by atoms with Crippen molar-refractivity contribution in [1.29, 1.82) is 0 Å². The number of carbonyl (C=O) groups excluding carboxylic acids is 1. The van der Waals surface area contributed by atoms with Crippen LogP contribution in [0.5, 0.6) is 0 Å². The lowest BCUT2D eigenvalue weighted by atomic mass is 9.87. The third-order valence-corrected chi connectivity index (χ3v) is 4.16. The molecule has 0 amide bonds. The summed E-state index contributed by atoms with van der Waals surface area (Å²) in [7, 11) is 0. The molecule has 5 heteroatoms. The van der Waals surface area contributed by atoms with Crippen molar-refractivity contribution in [2.24, 2.45) is 11.5 Å². The Morgan fingerprint density at radius 3 is 1.86 bits per heavy atom. The van der Waals surface area contributed by atoms with Gasteiger partial charge in [0.2, 0.25) is 0 Å². The Balaban J connectivity index is 3.84. The molecule has 0 saturated carbocycles. The molecule has 0 saturated heterocycles. The van der Waals surface area contributed by atoms with Gasteiger partial charge in [-0.05, 0) is 25.8 Å². The summed E-state index contributed by atoms with van der Waals surface area (Å²) in [5, 5.41) is 9.19. The van der Waals surface area contributed by atoms with Crippen LogP contribution >= 0.6 is 0 Å². The molecule has 0 aromatic heterocycles. The van der Waals surface area contributed by atoms with Gasteiger partial charge in [-0.2, -0.15) is 0 Å². The normalized spacial score (nSPS) is 13.8. The fourth-order valence-electron chi connectivity index (χ4n) is 2.57. The number of nitrogens with two attached hydrogens (primary N) is 2. The summed E-state index contributed by atoms with van der Waals surface area (Å²) in [5.41, 5.74) is 9.40. The predicted molar refractivity (Wildman–Crippen MR) is 89.7 cm³/mol. The number of hydrogen-bond donors (Lipinski definition) is 3. The van der Waals surface area contributed by atoms with Crippen LogP contribution in [0.2, 0.25) is 0 Å². The van der Waals surface area contributed by atoms with Gasteiger partial charge < -0.3 is 16.6 Å². The Morgan fingerprint density at radius 2 is 1.41 bits per heavy atom. The average Bonchev–Trinajstić information content (AvgIpc) is 2.50. The van der Waals surface area contributed by atoms with Crippen LogP contribution in [0.25, 0.3) is 0 Å². The predicted octanol–water partition coefficient (Wildman–Crippen LogP) is 3.00. The maximum atomic E-state index is 12.1. The third-order valence-electron chi connectivity index (χ3n) is 4.16. The van der Waals surface area contributed by atoms with E-state index in [1.807, 2.05) is 0 Å². The number of carboxylic acids is 1. The maximum Gasteiger partial charge on any atom is 0.331 e. The second-order valence-corrected chi connectivity index (χ2v) is 6.17. The van der Waals surface area contributed by atoms with Gasteiger partial charge in [0.05, 0.1) is 0 Å². The van der Waals surface area contributed by atoms with E-state index in [4.69, 9.17) is 11.5 Å². The van der Waals surface area contributed by atoms with Crippen molar-refractivity contribution >= 4 is 11.8 Å². The van der Waals surface area contributed by atoms with E-state index in [2.05, 4.69) is 6.92 Å². The molecule has 0 aliphatic rings. The second-order valence-electron chi connectivity index (χ2n) is 6.17. The van der Waals surface area contributed by atoms with Crippen molar-refractivity contribution in [2.45, 2.75) is 89.5 Å². The van der Waals surface area contributed by atoms with Crippen LogP contribution in [-0.4, -0.2) is 28.9 Å². The highest BCUT2D eigenvalue weighted by Crippen LogP contribution is 2.17. The highest BCUT2D eigenvalue weighted by Gasteiger charge is 2.40. The highest BCUT2D eigenvalue weighted by molar-refractivity contribution is 6.07. The van der Waals surface area contributed by atoms with Crippen LogP contribution in [-0.2, 0) is 9.59 Å². The van der Waals surface area contributed by atoms with Crippen LogP contribution in [0, 0.1) is 0 Å². The molecular formula is C17H34N2O3. The van der Waals surface area contributed by atoms with E-state index in [1.165, 1.54) is 38.5 Å². The smallest absolute Gasteiger partial charge is 0.331 e. The number of ketones is 1. The SMILES string of the molecule is CCCCCCCCCCCC(=O)[C@](N)(CCCN)C(=O)O. The molecule has 1 atom stereocenters. The Kier molecular flexibility index (Phi) is 12.1. The molecule has 5 nitrogen and oxygen atoms in total. The largest absolute Gasteiger partial charge is 0.480 e. The molecule has 0 rings (SSSR count). The molecule has 0 spiro atoms. The zero-order valence-electron chi connectivity index (χ0n) is 14.1. The lowest BCUT2D eigenvalue weighted by molar-refractivity contribution is -0.148. The van der Waals surface area contributed by atoms with E-state index in [9.17, 15) is 14.7 Å². The molecule has 0 fully saturated rings. The van der Waals surface area contributed by atoms with Crippen molar-refractivity contribution < 1.29 is 14.7 Å². The summed E-state index contributed by atoms with van der Waals surface area (Å²) in [6.45, 7) is 2.55. The number of aliphatic carboxylic acids is 1. The summed E-state index contributed by atoms with van der Waals surface area (Å²) in [5.74, 6) is -1.60. The fraction of sp³-hybridized carbons (Fsp3) is 0.882. The third kappa shape index (κ3) is 8.49. The van der Waals surface area contributed by atoms with Crippen LogP contribution in [0.15, 0.2) is 0 Å². The Hall–Kier alpha value is -0.940. The molecule has 22 heavy (non-hydrogen) atoms. The molecule has 0 bridgehead atoms. The number of carboxylic acid groups (broad SMARTS) is 1. The number of Topliss-reactive ketones (excluding diaryl/α,β-unsaturated/α-hetero) is 1. The minimum Gasteiger partial charge on any atom is -0.480 e. The zero-order valence-corrected chi connectivity index (χ0v) is 14.1. The number of hydrogen-bond acceptors (Lipinski definition) is 4. The maximum absolute atomic E-state index is 12.1. The summed E-state index contributed by atoms with van der Waals surface area (Å²) >= 11 is 0. The molecule has 0 aliphatic carbocycles. The molecular weight excluding hydrogens is 280 g/mol. The fourth-order valence-corrected chi connectivity index (χ4v) is 2.57. The molecule has 130 valence electrons. The average molecular weight is 314 g/mol. The van der Waals surface area contributed by atoms with Crippen LogP contribution in [0.3, 0.4) is 0 Å². The van der Waals surface area contributed by atoms with Crippen LogP contribution < -0.4 is 11.5 Å². The topological polar surface area (TPSA) is 106 Å². The summed E-state index contributed by atoms with van der Waals surface area (Å²) in [4.78, 5) is 23.3. The first-order valence-electron chi connectivity index (χ1n) is 8.74. The van der Waals surface area contributed by atoms with Crippen molar-refractivity contribution in [3.05, 3.63) is 0 Å². The van der Waals surface area contributed by atoms with Gasteiger partial charge in [-0.15, -0.1) is 0 Å². The minimum atomic E-state index is -1.75. The Morgan fingerprint density at radius 1 is 0.909 bits per heavy atom. The van der Waals surface area contributed by atoms with E-state index in [1.54, 1.807) is 0 Å². The number of rotatable bonds is 15. The second kappa shape index (κ2) is 12.6. The zero-order chi connectivity index (χ0) is 16.8. The molecule has 0 aliphatic heterocycles. The first-order valence-corrected chi connectivity index (χ1v) is 8.74. The van der Waals surface area contributed by atoms with Gasteiger partial charge in [0.1, 0.15) is 0 Å². The molecule has 0 unspecified atom stereocenters. The van der Waals surface area contributed by atoms with Crippen molar-refractivity contribution in [2.75, 3.05) is 6.54 Å². The van der Waals surface area contributed by atoms with Crippen LogP contribution in [0.4, 0.5) is 0 Å². The molecule has 0 heterocycles. The molecule has 0 radical (unpaired) electrons. The highest BCUT2D eigenvalue weighted by atomic mass is 16.4.